The molecule has 124 valence electrons. The van der Waals surface area contributed by atoms with E-state index in [2.05, 4.69) is 16.7 Å². The van der Waals surface area contributed by atoms with Gasteiger partial charge in [0.1, 0.15) is 11.4 Å². The Kier molecular flexibility index (Phi) is 4.51. The smallest absolute Gasteiger partial charge is 0.265 e. The van der Waals surface area contributed by atoms with Gasteiger partial charge in [-0.1, -0.05) is 35.9 Å². The molecule has 1 aliphatic rings. The molecule has 0 spiro atoms. The number of rotatable bonds is 4. The van der Waals surface area contributed by atoms with Gasteiger partial charge in [-0.15, -0.1) is 0 Å². The highest BCUT2D eigenvalue weighted by molar-refractivity contribution is 6.04. The summed E-state index contributed by atoms with van der Waals surface area (Å²) >= 11 is 0. The van der Waals surface area contributed by atoms with Crippen LogP contribution in [0.5, 0.6) is 5.75 Å². The summed E-state index contributed by atoms with van der Waals surface area (Å²) < 4.78 is 5.55. The fourth-order valence-corrected chi connectivity index (χ4v) is 2.67. The van der Waals surface area contributed by atoms with E-state index in [4.69, 9.17) is 4.74 Å². The maximum absolute atomic E-state index is 12.2. The summed E-state index contributed by atoms with van der Waals surface area (Å²) in [5, 5.41) is 5.64. The summed E-state index contributed by atoms with van der Waals surface area (Å²) in [4.78, 5) is 24.0. The molecule has 0 bridgehead atoms. The number of hydrogen-bond donors (Lipinski definition) is 2. The van der Waals surface area contributed by atoms with Crippen LogP contribution in [0.15, 0.2) is 42.5 Å². The van der Waals surface area contributed by atoms with Crippen molar-refractivity contribution in [2.75, 3.05) is 10.6 Å². The van der Waals surface area contributed by atoms with Crippen molar-refractivity contribution in [3.63, 3.8) is 0 Å². The first-order valence-electron chi connectivity index (χ1n) is 7.99. The van der Waals surface area contributed by atoms with Gasteiger partial charge in [0, 0.05) is 6.42 Å². The number of hydrogen-bond acceptors (Lipinski definition) is 3. The molecule has 2 amide bonds. The van der Waals surface area contributed by atoms with Gasteiger partial charge in [-0.05, 0) is 38.0 Å². The summed E-state index contributed by atoms with van der Waals surface area (Å²) in [6.07, 6.45) is 0.505. The van der Waals surface area contributed by atoms with Crippen molar-refractivity contribution in [1.29, 1.82) is 0 Å². The highest BCUT2D eigenvalue weighted by Gasteiger charge is 2.25. The Balaban J connectivity index is 1.67. The molecule has 2 N–H and O–H groups in total. The molecule has 0 aliphatic carbocycles. The molecule has 1 unspecified atom stereocenters. The zero-order chi connectivity index (χ0) is 17.1. The molecule has 0 aromatic heterocycles. The van der Waals surface area contributed by atoms with Gasteiger partial charge >= 0.3 is 0 Å². The third-order valence-corrected chi connectivity index (χ3v) is 3.94. The van der Waals surface area contributed by atoms with Crippen molar-refractivity contribution in [1.82, 2.24) is 0 Å². The lowest BCUT2D eigenvalue weighted by Crippen LogP contribution is -2.34. The molecule has 1 aliphatic heterocycles. The van der Waals surface area contributed by atoms with E-state index in [1.54, 1.807) is 25.1 Å². The Morgan fingerprint density at radius 3 is 2.83 bits per heavy atom. The minimum atomic E-state index is -0.537. The summed E-state index contributed by atoms with van der Waals surface area (Å²) in [5.41, 5.74) is 3.39. The van der Waals surface area contributed by atoms with Gasteiger partial charge in [-0.2, -0.15) is 0 Å². The molecule has 1 heterocycles. The first-order chi connectivity index (χ1) is 11.5. The molecule has 0 fully saturated rings. The maximum Gasteiger partial charge on any atom is 0.265 e. The molecule has 2 aromatic carbocycles. The van der Waals surface area contributed by atoms with Crippen LogP contribution in [0.1, 0.15) is 24.5 Å². The van der Waals surface area contributed by atoms with Crippen molar-refractivity contribution in [3.05, 3.63) is 53.6 Å². The fourth-order valence-electron chi connectivity index (χ4n) is 2.67. The van der Waals surface area contributed by atoms with Crippen LogP contribution in [0.2, 0.25) is 0 Å². The van der Waals surface area contributed by atoms with Gasteiger partial charge in [0.05, 0.1) is 5.69 Å². The molecule has 2 aromatic rings. The number of amides is 2. The average molecular weight is 324 g/mol. The van der Waals surface area contributed by atoms with Crippen LogP contribution in [0.3, 0.4) is 0 Å². The topological polar surface area (TPSA) is 67.4 Å². The minimum Gasteiger partial charge on any atom is -0.479 e. The largest absolute Gasteiger partial charge is 0.479 e. The van der Waals surface area contributed by atoms with E-state index in [1.807, 2.05) is 25.1 Å². The predicted octanol–water partition coefficient (Wildman–Crippen LogP) is 3.29. The molecule has 24 heavy (non-hydrogen) atoms. The summed E-state index contributed by atoms with van der Waals surface area (Å²) in [5.74, 6) is 0.250. The lowest BCUT2D eigenvalue weighted by atomic mass is 10.1. The highest BCUT2D eigenvalue weighted by Crippen LogP contribution is 2.36. The number of nitrogens with one attached hydrogen (secondary N) is 2. The van der Waals surface area contributed by atoms with Gasteiger partial charge in [0.25, 0.3) is 5.91 Å². The van der Waals surface area contributed by atoms with Crippen LogP contribution in [-0.2, 0) is 16.0 Å². The molecule has 0 saturated carbocycles. The Hall–Kier alpha value is -2.82. The summed E-state index contributed by atoms with van der Waals surface area (Å²) in [6.45, 7) is 3.72. The summed E-state index contributed by atoms with van der Waals surface area (Å²) in [7, 11) is 0. The van der Waals surface area contributed by atoms with Crippen molar-refractivity contribution >= 4 is 23.2 Å². The molecule has 1 atom stereocenters. The minimum absolute atomic E-state index is 0.0993. The van der Waals surface area contributed by atoms with E-state index in [1.165, 1.54) is 5.56 Å². The van der Waals surface area contributed by atoms with E-state index < -0.39 is 6.10 Å². The van der Waals surface area contributed by atoms with Crippen LogP contribution in [-0.4, -0.2) is 17.9 Å². The van der Waals surface area contributed by atoms with Gasteiger partial charge in [0.15, 0.2) is 6.10 Å². The monoisotopic (exact) mass is 324 g/mol. The second kappa shape index (κ2) is 6.74. The zero-order valence-corrected chi connectivity index (χ0v) is 13.8. The lowest BCUT2D eigenvalue weighted by molar-refractivity contribution is -0.122. The first-order valence-corrected chi connectivity index (χ1v) is 7.99. The Bertz CT molecular complexity index is 786. The standard InChI is InChI=1S/C19H20N2O3/c1-12-5-3-6-14(11-12)9-10-17(22)20-15-7-4-8-16-18(15)21-19(23)13(2)24-16/h3-8,11,13H,9-10H2,1-2H3,(H,20,22)(H,21,23). The van der Waals surface area contributed by atoms with Gasteiger partial charge in [-0.3, -0.25) is 9.59 Å². The molecule has 5 nitrogen and oxygen atoms in total. The maximum atomic E-state index is 12.2. The third-order valence-electron chi connectivity index (χ3n) is 3.94. The second-order valence-corrected chi connectivity index (χ2v) is 5.97. The third kappa shape index (κ3) is 3.56. The molecule has 0 radical (unpaired) electrons. The normalized spacial score (nSPS) is 15.9. The van der Waals surface area contributed by atoms with E-state index in [9.17, 15) is 9.59 Å². The van der Waals surface area contributed by atoms with Crippen LogP contribution in [0.25, 0.3) is 0 Å². The number of para-hydroxylation sites is 1. The first kappa shape index (κ1) is 16.1. The van der Waals surface area contributed by atoms with E-state index in [0.29, 0.717) is 30.0 Å². The molecular weight excluding hydrogens is 304 g/mol. The van der Waals surface area contributed by atoms with Crippen LogP contribution in [0.4, 0.5) is 11.4 Å². The quantitative estimate of drug-likeness (QED) is 0.907. The van der Waals surface area contributed by atoms with Crippen LogP contribution in [0, 0.1) is 6.92 Å². The number of benzene rings is 2. The molecule has 0 saturated heterocycles. The van der Waals surface area contributed by atoms with Gasteiger partial charge in [0.2, 0.25) is 5.91 Å². The Morgan fingerprint density at radius 1 is 1.25 bits per heavy atom. The molecule has 3 rings (SSSR count). The molecule has 5 heteroatoms. The van der Waals surface area contributed by atoms with Crippen molar-refractivity contribution in [3.8, 4) is 5.75 Å². The fraction of sp³-hybridized carbons (Fsp3) is 0.263. The second-order valence-electron chi connectivity index (χ2n) is 5.97. The number of carbonyl (C=O) groups is 2. The SMILES string of the molecule is Cc1cccc(CCC(=O)Nc2cccc3c2NC(=O)C(C)O3)c1. The van der Waals surface area contributed by atoms with E-state index in [-0.39, 0.29) is 11.8 Å². The number of anilines is 2. The highest BCUT2D eigenvalue weighted by atomic mass is 16.5. The van der Waals surface area contributed by atoms with Crippen molar-refractivity contribution in [2.24, 2.45) is 0 Å². The average Bonchev–Trinajstić information content (AvgIpc) is 2.55. The van der Waals surface area contributed by atoms with E-state index >= 15 is 0 Å². The number of ether oxygens (including phenoxy) is 1. The predicted molar refractivity (Wildman–Crippen MR) is 93.3 cm³/mol. The number of aryl methyl sites for hydroxylation is 2. The number of carbonyl (C=O) groups excluding carboxylic acids is 2. The van der Waals surface area contributed by atoms with Crippen molar-refractivity contribution < 1.29 is 14.3 Å². The molecular formula is C19H20N2O3. The van der Waals surface area contributed by atoms with Crippen LogP contribution >= 0.6 is 0 Å². The summed E-state index contributed by atoms with van der Waals surface area (Å²) in [6, 6.07) is 13.4. The van der Waals surface area contributed by atoms with E-state index in [0.717, 1.165) is 5.56 Å². The zero-order valence-electron chi connectivity index (χ0n) is 13.8. The van der Waals surface area contributed by atoms with Gasteiger partial charge in [-0.25, -0.2) is 0 Å². The van der Waals surface area contributed by atoms with Gasteiger partial charge < -0.3 is 15.4 Å². The van der Waals surface area contributed by atoms with Crippen molar-refractivity contribution in [2.45, 2.75) is 32.8 Å². The number of fused-ring (bicyclic) bond motifs is 1. The Morgan fingerprint density at radius 2 is 2.04 bits per heavy atom. The van der Waals surface area contributed by atoms with Crippen LogP contribution < -0.4 is 15.4 Å². The lowest BCUT2D eigenvalue weighted by Gasteiger charge is -2.25. The Labute approximate surface area is 141 Å².